The van der Waals surface area contributed by atoms with Crippen LogP contribution in [0.25, 0.3) is 0 Å². The van der Waals surface area contributed by atoms with Gasteiger partial charge in [-0.05, 0) is 35.0 Å². The molecule has 3 heteroatoms. The van der Waals surface area contributed by atoms with Crippen LogP contribution in [0.4, 0.5) is 0 Å². The number of hydrogen-bond acceptors (Lipinski definition) is 1. The highest BCUT2D eigenvalue weighted by Crippen LogP contribution is 2.32. The van der Waals surface area contributed by atoms with Gasteiger partial charge < -0.3 is 0 Å². The molecule has 0 amide bonds. The molecule has 30 heavy (non-hydrogen) atoms. The van der Waals surface area contributed by atoms with E-state index in [1.54, 1.807) is 0 Å². The Morgan fingerprint density at radius 2 is 1.03 bits per heavy atom. The highest BCUT2D eigenvalue weighted by molar-refractivity contribution is 7.79. The zero-order valence-electron chi connectivity index (χ0n) is 16.7. The lowest BCUT2D eigenvalue weighted by atomic mass is 10.1. The lowest BCUT2D eigenvalue weighted by Gasteiger charge is -2.18. The van der Waals surface area contributed by atoms with E-state index in [0.29, 0.717) is 12.3 Å². The first-order valence-electron chi connectivity index (χ1n) is 9.78. The molecular weight excluding hydrogens is 405 g/mol. The summed E-state index contributed by atoms with van der Waals surface area (Å²) in [5.74, 6) is 0.513. The van der Waals surface area contributed by atoms with Gasteiger partial charge in [0.1, 0.15) is 0 Å². The first-order chi connectivity index (χ1) is 14.8. The smallest absolute Gasteiger partial charge is 0.0669 e. The number of halogens is 1. The third kappa shape index (κ3) is 6.30. The molecule has 148 valence electrons. The van der Waals surface area contributed by atoms with Crippen molar-refractivity contribution in [3.05, 3.63) is 126 Å². The maximum absolute atomic E-state index is 8.40. The fraction of sp³-hybridized carbons (Fsp3) is 0.0741. The van der Waals surface area contributed by atoms with Crippen LogP contribution in [-0.2, 0) is 12.3 Å². The summed E-state index contributed by atoms with van der Waals surface area (Å²) >= 11 is 5.62. The highest BCUT2D eigenvalue weighted by Gasteiger charge is 2.14. The summed E-state index contributed by atoms with van der Waals surface area (Å²) in [5, 5.41) is 12.6. The van der Waals surface area contributed by atoms with Crippen LogP contribution < -0.4 is 15.9 Å². The normalized spacial score (nSPS) is 10.0. The Hall–Kier alpha value is -2.91. The van der Waals surface area contributed by atoms with Crippen LogP contribution in [0.5, 0.6) is 0 Å². The Balaban J connectivity index is 0.000000199. The SMILES string of the molecule is N#CCc1cccc(CCl)c1.c1ccc(P(c2ccccc2)c2ccccc2)cc1. The standard InChI is InChI=1S/C18H15P.C9H8ClN/c1-4-10-16(11-5-1)19(17-12-6-2-7-13-17)18-14-8-3-9-15-18;10-7-9-3-1-2-8(6-9)4-5-11/h1-15H;1-3,6H,4,7H2. The van der Waals surface area contributed by atoms with E-state index in [4.69, 9.17) is 16.9 Å². The minimum atomic E-state index is -0.446. The van der Waals surface area contributed by atoms with Gasteiger partial charge in [-0.3, -0.25) is 0 Å². The van der Waals surface area contributed by atoms with Gasteiger partial charge in [0.05, 0.1) is 12.5 Å². The second-order valence-electron chi connectivity index (χ2n) is 6.63. The molecule has 0 spiro atoms. The van der Waals surface area contributed by atoms with Gasteiger partial charge in [-0.15, -0.1) is 11.6 Å². The van der Waals surface area contributed by atoms with Crippen LogP contribution in [0.3, 0.4) is 0 Å². The van der Waals surface area contributed by atoms with Gasteiger partial charge in [-0.1, -0.05) is 115 Å². The van der Waals surface area contributed by atoms with E-state index in [1.165, 1.54) is 15.9 Å². The van der Waals surface area contributed by atoms with E-state index >= 15 is 0 Å². The van der Waals surface area contributed by atoms with Crippen molar-refractivity contribution < 1.29 is 0 Å². The first kappa shape index (κ1) is 21.8. The third-order valence-corrected chi connectivity index (χ3v) is 7.22. The van der Waals surface area contributed by atoms with Crippen molar-refractivity contribution in [2.75, 3.05) is 0 Å². The lowest BCUT2D eigenvalue weighted by molar-refractivity contribution is 1.24. The van der Waals surface area contributed by atoms with Crippen molar-refractivity contribution in [2.24, 2.45) is 0 Å². The summed E-state index contributed by atoms with van der Waals surface area (Å²) in [6, 6.07) is 42.2. The summed E-state index contributed by atoms with van der Waals surface area (Å²) < 4.78 is 0. The van der Waals surface area contributed by atoms with E-state index in [2.05, 4.69) is 97.1 Å². The van der Waals surface area contributed by atoms with Gasteiger partial charge in [0.25, 0.3) is 0 Å². The van der Waals surface area contributed by atoms with Crippen LogP contribution in [0.15, 0.2) is 115 Å². The molecule has 4 aromatic carbocycles. The molecule has 0 aliphatic heterocycles. The minimum absolute atomic E-state index is 0.446. The fourth-order valence-electron chi connectivity index (χ4n) is 3.09. The molecule has 0 atom stereocenters. The third-order valence-electron chi connectivity index (χ3n) is 4.47. The molecule has 0 bridgehead atoms. The van der Waals surface area contributed by atoms with Crippen molar-refractivity contribution >= 4 is 35.4 Å². The molecule has 0 saturated carbocycles. The van der Waals surface area contributed by atoms with Gasteiger partial charge in [0, 0.05) is 5.88 Å². The molecule has 0 N–H and O–H groups in total. The molecule has 0 radical (unpaired) electrons. The molecule has 0 fully saturated rings. The predicted octanol–water partition coefficient (Wildman–Crippen LogP) is 5.94. The molecule has 0 aromatic heterocycles. The Morgan fingerprint density at radius 3 is 1.43 bits per heavy atom. The molecular formula is C27H23ClNP. The second kappa shape index (κ2) is 11.9. The number of rotatable bonds is 5. The molecule has 0 aliphatic carbocycles. The summed E-state index contributed by atoms with van der Waals surface area (Å²) in [5.41, 5.74) is 2.10. The van der Waals surface area contributed by atoms with Crippen molar-refractivity contribution in [3.63, 3.8) is 0 Å². The van der Waals surface area contributed by atoms with Crippen LogP contribution in [0.1, 0.15) is 11.1 Å². The summed E-state index contributed by atoms with van der Waals surface area (Å²) in [6.07, 6.45) is 0.463. The monoisotopic (exact) mass is 427 g/mol. The summed E-state index contributed by atoms with van der Waals surface area (Å²) in [6.45, 7) is 0. The van der Waals surface area contributed by atoms with Crippen LogP contribution >= 0.6 is 19.5 Å². The van der Waals surface area contributed by atoms with Gasteiger partial charge in [0.2, 0.25) is 0 Å². The maximum atomic E-state index is 8.40. The first-order valence-corrected chi connectivity index (χ1v) is 11.7. The van der Waals surface area contributed by atoms with Crippen molar-refractivity contribution in [1.82, 2.24) is 0 Å². The van der Waals surface area contributed by atoms with Crippen molar-refractivity contribution in [3.8, 4) is 6.07 Å². The van der Waals surface area contributed by atoms with Crippen LogP contribution in [-0.4, -0.2) is 0 Å². The molecule has 4 rings (SSSR count). The Bertz CT molecular complexity index is 966. The van der Waals surface area contributed by atoms with Gasteiger partial charge in [-0.2, -0.15) is 5.26 Å². The lowest BCUT2D eigenvalue weighted by Crippen LogP contribution is -2.20. The molecule has 4 aromatic rings. The van der Waals surface area contributed by atoms with Gasteiger partial charge in [-0.25, -0.2) is 0 Å². The van der Waals surface area contributed by atoms with E-state index in [0.717, 1.165) is 11.1 Å². The molecule has 0 saturated heterocycles. The molecule has 0 unspecified atom stereocenters. The number of benzene rings is 4. The highest BCUT2D eigenvalue weighted by atomic mass is 35.5. The number of nitriles is 1. The number of nitrogens with zero attached hydrogens (tertiary/aromatic N) is 1. The zero-order chi connectivity index (χ0) is 21.0. The van der Waals surface area contributed by atoms with E-state index < -0.39 is 7.92 Å². The average Bonchev–Trinajstić information content (AvgIpc) is 2.82. The summed E-state index contributed by atoms with van der Waals surface area (Å²) in [4.78, 5) is 0. The van der Waals surface area contributed by atoms with E-state index in [1.807, 2.05) is 24.3 Å². The second-order valence-corrected chi connectivity index (χ2v) is 9.12. The van der Waals surface area contributed by atoms with E-state index in [-0.39, 0.29) is 0 Å². The topological polar surface area (TPSA) is 23.8 Å². The maximum Gasteiger partial charge on any atom is 0.0669 e. The fourth-order valence-corrected chi connectivity index (χ4v) is 5.56. The van der Waals surface area contributed by atoms with Crippen LogP contribution in [0, 0.1) is 11.3 Å². The Morgan fingerprint density at radius 1 is 0.600 bits per heavy atom. The molecule has 0 heterocycles. The number of alkyl halides is 1. The van der Waals surface area contributed by atoms with E-state index in [9.17, 15) is 0 Å². The largest absolute Gasteiger partial charge is 0.198 e. The van der Waals surface area contributed by atoms with Gasteiger partial charge in [0.15, 0.2) is 0 Å². The quantitative estimate of drug-likeness (QED) is 0.286. The van der Waals surface area contributed by atoms with Crippen molar-refractivity contribution in [1.29, 1.82) is 5.26 Å². The summed E-state index contributed by atoms with van der Waals surface area (Å²) in [7, 11) is -0.446. The predicted molar refractivity (Wildman–Crippen MR) is 130 cm³/mol. The molecule has 0 aliphatic rings. The van der Waals surface area contributed by atoms with Gasteiger partial charge >= 0.3 is 0 Å². The molecule has 1 nitrogen and oxygen atoms in total. The van der Waals surface area contributed by atoms with Crippen molar-refractivity contribution in [2.45, 2.75) is 12.3 Å². The Kier molecular flexibility index (Phi) is 8.67. The minimum Gasteiger partial charge on any atom is -0.198 e. The average molecular weight is 428 g/mol. The Labute approximate surface area is 185 Å². The van der Waals surface area contributed by atoms with Crippen LogP contribution in [0.2, 0.25) is 0 Å². The number of hydrogen-bond donors (Lipinski definition) is 0. The zero-order valence-corrected chi connectivity index (χ0v) is 18.3.